The molecule has 1 N–H and O–H groups in total. The molecule has 0 aliphatic heterocycles. The van der Waals surface area contributed by atoms with Crippen LogP contribution in [0.5, 0.6) is 11.5 Å². The largest absolute Gasteiger partial charge is 0.497 e. The summed E-state index contributed by atoms with van der Waals surface area (Å²) in [5.74, 6) is 1.24. The summed E-state index contributed by atoms with van der Waals surface area (Å²) in [7, 11) is 1.59. The first-order valence-electron chi connectivity index (χ1n) is 10.8. The molecule has 0 aliphatic carbocycles. The molecule has 0 saturated carbocycles. The van der Waals surface area contributed by atoms with Gasteiger partial charge in [-0.3, -0.25) is 4.79 Å². The molecule has 0 radical (unpaired) electrons. The van der Waals surface area contributed by atoms with Gasteiger partial charge in [-0.05, 0) is 59.7 Å². The molecule has 5 heteroatoms. The maximum Gasteiger partial charge on any atom is 0.193 e. The minimum absolute atomic E-state index is 0.0698. The Labute approximate surface area is 193 Å². The molecule has 4 aromatic rings. The third-order valence-electron chi connectivity index (χ3n) is 5.33. The summed E-state index contributed by atoms with van der Waals surface area (Å²) in [5, 5.41) is 10.4. The van der Waals surface area contributed by atoms with Crippen LogP contribution in [0.2, 0.25) is 0 Å². The van der Waals surface area contributed by atoms with Gasteiger partial charge >= 0.3 is 0 Å². The Balaban J connectivity index is 1.29. The van der Waals surface area contributed by atoms with Crippen molar-refractivity contribution in [2.75, 3.05) is 13.7 Å². The number of carbonyl (C=O) groups excluding carboxylic acids is 1. The van der Waals surface area contributed by atoms with E-state index in [4.69, 9.17) is 9.47 Å². The summed E-state index contributed by atoms with van der Waals surface area (Å²) < 4.78 is 12.8. The minimum atomic E-state index is -0.668. The first kappa shape index (κ1) is 22.2. The molecule has 5 nitrogen and oxygen atoms in total. The van der Waals surface area contributed by atoms with Crippen LogP contribution in [0.25, 0.3) is 11.1 Å². The van der Waals surface area contributed by atoms with E-state index in [9.17, 15) is 9.90 Å². The van der Waals surface area contributed by atoms with E-state index >= 15 is 0 Å². The minimum Gasteiger partial charge on any atom is -0.497 e. The summed E-state index contributed by atoms with van der Waals surface area (Å²) >= 11 is 0. The van der Waals surface area contributed by atoms with Crippen LogP contribution < -0.4 is 14.0 Å². The SMILES string of the molecule is COc1ccc(C(=O)c2ccc(OC[C@@H](O)C[n+]3ccc(-c4ccccc4)cc3)cc2)cc1. The van der Waals surface area contributed by atoms with Crippen molar-refractivity contribution in [1.82, 2.24) is 0 Å². The van der Waals surface area contributed by atoms with E-state index in [1.54, 1.807) is 55.6 Å². The molecule has 33 heavy (non-hydrogen) atoms. The fraction of sp³-hybridized carbons (Fsp3) is 0.143. The Morgan fingerprint density at radius 1 is 0.788 bits per heavy atom. The summed E-state index contributed by atoms with van der Waals surface area (Å²) in [6, 6.07) is 28.2. The number of aliphatic hydroxyl groups is 1. The standard InChI is InChI=1S/C28H26NO4/c1-32-26-11-7-23(8-12-26)28(31)24-9-13-27(14-10-24)33-20-25(30)19-29-17-15-22(16-18-29)21-5-3-2-4-6-21/h2-18,25,30H,19-20H2,1H3/q+1/t25-/m0/s1. The summed E-state index contributed by atoms with van der Waals surface area (Å²) in [6.07, 6.45) is 3.23. The van der Waals surface area contributed by atoms with E-state index in [1.165, 1.54) is 0 Å². The predicted octanol–water partition coefficient (Wildman–Crippen LogP) is 4.32. The van der Waals surface area contributed by atoms with Crippen LogP contribution >= 0.6 is 0 Å². The Hall–Kier alpha value is -3.96. The molecule has 4 rings (SSSR count). The lowest BCUT2D eigenvalue weighted by Gasteiger charge is -2.11. The lowest BCUT2D eigenvalue weighted by molar-refractivity contribution is -0.703. The second kappa shape index (κ2) is 10.6. The predicted molar refractivity (Wildman–Crippen MR) is 126 cm³/mol. The van der Waals surface area contributed by atoms with E-state index in [2.05, 4.69) is 12.1 Å². The van der Waals surface area contributed by atoms with Gasteiger partial charge in [-0.2, -0.15) is 0 Å². The number of hydrogen-bond acceptors (Lipinski definition) is 4. The van der Waals surface area contributed by atoms with Gasteiger partial charge in [0.2, 0.25) is 0 Å². The summed E-state index contributed by atoms with van der Waals surface area (Å²) in [6.45, 7) is 0.572. The second-order valence-corrected chi connectivity index (χ2v) is 7.70. The number of aliphatic hydroxyl groups excluding tert-OH is 1. The van der Waals surface area contributed by atoms with Gasteiger partial charge in [-0.1, -0.05) is 30.3 Å². The number of aromatic nitrogens is 1. The van der Waals surface area contributed by atoms with Crippen molar-refractivity contribution in [2.24, 2.45) is 0 Å². The van der Waals surface area contributed by atoms with Crippen LogP contribution in [0.4, 0.5) is 0 Å². The fourth-order valence-electron chi connectivity index (χ4n) is 3.50. The molecule has 0 saturated heterocycles. The first-order valence-corrected chi connectivity index (χ1v) is 10.8. The maximum absolute atomic E-state index is 12.6. The van der Waals surface area contributed by atoms with Gasteiger partial charge in [0.1, 0.15) is 24.2 Å². The lowest BCUT2D eigenvalue weighted by Crippen LogP contribution is -2.41. The van der Waals surface area contributed by atoms with Crippen molar-refractivity contribution in [3.8, 4) is 22.6 Å². The normalized spacial score (nSPS) is 11.6. The number of rotatable bonds is 9. The number of hydrogen-bond donors (Lipinski definition) is 1. The zero-order valence-electron chi connectivity index (χ0n) is 18.4. The van der Waals surface area contributed by atoms with Crippen molar-refractivity contribution in [3.63, 3.8) is 0 Å². The number of ketones is 1. The smallest absolute Gasteiger partial charge is 0.193 e. The summed E-state index contributed by atoms with van der Waals surface area (Å²) in [5.41, 5.74) is 3.45. The average molecular weight is 441 g/mol. The van der Waals surface area contributed by atoms with Gasteiger partial charge in [0.05, 0.1) is 7.11 Å². The van der Waals surface area contributed by atoms with Crippen molar-refractivity contribution in [3.05, 3.63) is 115 Å². The van der Waals surface area contributed by atoms with Crippen molar-refractivity contribution < 1.29 is 23.9 Å². The molecule has 1 heterocycles. The second-order valence-electron chi connectivity index (χ2n) is 7.70. The first-order chi connectivity index (χ1) is 16.1. The third-order valence-corrected chi connectivity index (χ3v) is 5.33. The quantitative estimate of drug-likeness (QED) is 0.311. The molecule has 0 amide bonds. The van der Waals surface area contributed by atoms with E-state index in [1.807, 2.05) is 47.3 Å². The zero-order chi connectivity index (χ0) is 23.0. The topological polar surface area (TPSA) is 59.6 Å². The van der Waals surface area contributed by atoms with E-state index in [0.717, 1.165) is 11.1 Å². The highest BCUT2D eigenvalue weighted by Gasteiger charge is 2.13. The molecule has 1 atom stereocenters. The Morgan fingerprint density at radius 2 is 1.33 bits per heavy atom. The van der Waals surface area contributed by atoms with Gasteiger partial charge in [-0.25, -0.2) is 4.57 Å². The highest BCUT2D eigenvalue weighted by atomic mass is 16.5. The van der Waals surface area contributed by atoms with E-state index < -0.39 is 6.10 Å². The number of ether oxygens (including phenoxy) is 2. The van der Waals surface area contributed by atoms with Crippen molar-refractivity contribution in [2.45, 2.75) is 12.6 Å². The third kappa shape index (κ3) is 5.84. The number of carbonyl (C=O) groups is 1. The lowest BCUT2D eigenvalue weighted by atomic mass is 10.0. The van der Waals surface area contributed by atoms with Crippen LogP contribution in [0.1, 0.15) is 15.9 Å². The van der Waals surface area contributed by atoms with Crippen LogP contribution in [0.15, 0.2) is 103 Å². The Morgan fingerprint density at radius 3 is 1.91 bits per heavy atom. The van der Waals surface area contributed by atoms with Crippen LogP contribution in [0, 0.1) is 0 Å². The highest BCUT2D eigenvalue weighted by molar-refractivity contribution is 6.09. The van der Waals surface area contributed by atoms with Gasteiger partial charge in [0.25, 0.3) is 0 Å². The Bertz CT molecular complexity index is 1170. The van der Waals surface area contributed by atoms with Crippen LogP contribution in [0.3, 0.4) is 0 Å². The van der Waals surface area contributed by atoms with Crippen LogP contribution in [-0.4, -0.2) is 30.7 Å². The highest BCUT2D eigenvalue weighted by Crippen LogP contribution is 2.19. The van der Waals surface area contributed by atoms with Gasteiger partial charge in [0, 0.05) is 23.3 Å². The molecule has 1 aromatic heterocycles. The van der Waals surface area contributed by atoms with Crippen molar-refractivity contribution >= 4 is 5.78 Å². The molecular weight excluding hydrogens is 414 g/mol. The van der Waals surface area contributed by atoms with Gasteiger partial charge in [0.15, 0.2) is 24.7 Å². The summed E-state index contributed by atoms with van der Waals surface area (Å²) in [4.78, 5) is 12.6. The molecule has 0 bridgehead atoms. The van der Waals surface area contributed by atoms with E-state index in [-0.39, 0.29) is 12.4 Å². The van der Waals surface area contributed by atoms with Gasteiger partial charge < -0.3 is 14.6 Å². The van der Waals surface area contributed by atoms with Gasteiger partial charge in [-0.15, -0.1) is 0 Å². The van der Waals surface area contributed by atoms with E-state index in [0.29, 0.717) is 29.2 Å². The molecular formula is C28H26NO4+. The molecule has 3 aromatic carbocycles. The molecule has 166 valence electrons. The molecule has 0 spiro atoms. The van der Waals surface area contributed by atoms with Crippen LogP contribution in [-0.2, 0) is 6.54 Å². The van der Waals surface area contributed by atoms with Crippen molar-refractivity contribution in [1.29, 1.82) is 0 Å². The number of methoxy groups -OCH3 is 1. The molecule has 0 unspecified atom stereocenters. The molecule has 0 fully saturated rings. The fourth-order valence-corrected chi connectivity index (χ4v) is 3.50. The molecule has 0 aliphatic rings. The average Bonchev–Trinajstić information content (AvgIpc) is 2.88. The number of benzene rings is 3. The Kier molecular flexibility index (Phi) is 7.12. The number of pyridine rings is 1. The maximum atomic E-state index is 12.6. The zero-order valence-corrected chi connectivity index (χ0v) is 18.4. The number of nitrogens with zero attached hydrogens (tertiary/aromatic N) is 1. The monoisotopic (exact) mass is 440 g/mol.